The van der Waals surface area contributed by atoms with Gasteiger partial charge in [-0.25, -0.2) is 0 Å². The minimum Gasteiger partial charge on any atom is -0.389 e. The summed E-state index contributed by atoms with van der Waals surface area (Å²) in [5.41, 5.74) is 1.19. The van der Waals surface area contributed by atoms with Crippen LogP contribution in [-0.4, -0.2) is 17.0 Å². The second-order valence-electron chi connectivity index (χ2n) is 9.90. The van der Waals surface area contributed by atoms with Crippen LogP contribution in [0.2, 0.25) is 0 Å². The van der Waals surface area contributed by atoms with Gasteiger partial charge in [-0.2, -0.15) is 0 Å². The van der Waals surface area contributed by atoms with Crippen molar-refractivity contribution in [3.05, 3.63) is 22.8 Å². The van der Waals surface area contributed by atoms with Gasteiger partial charge < -0.3 is 5.11 Å². The molecule has 1 N–H and O–H groups in total. The van der Waals surface area contributed by atoms with Crippen LogP contribution in [0.5, 0.6) is 0 Å². The van der Waals surface area contributed by atoms with Gasteiger partial charge in [-0.3, -0.25) is 4.79 Å². The molecule has 144 valence electrons. The van der Waals surface area contributed by atoms with Gasteiger partial charge in [0, 0.05) is 10.4 Å². The van der Waals surface area contributed by atoms with Gasteiger partial charge in [-0.05, 0) is 86.0 Å². The number of fused-ring (bicyclic) bond motifs is 5. The molecule has 0 bridgehead atoms. The quantitative estimate of drug-likeness (QED) is 0.677. The average Bonchev–Trinajstić information content (AvgIpc) is 2.90. The fourth-order valence-corrected chi connectivity index (χ4v) is 8.18. The molecule has 0 radical (unpaired) electrons. The van der Waals surface area contributed by atoms with E-state index >= 15 is 0 Å². The highest BCUT2D eigenvalue weighted by Gasteiger charge is 2.64. The van der Waals surface area contributed by atoms with Crippen LogP contribution in [0, 0.1) is 34.0 Å². The Morgan fingerprint density at radius 1 is 1.15 bits per heavy atom. The molecule has 0 saturated heterocycles. The monoisotopic (exact) mass is 376 g/mol. The summed E-state index contributed by atoms with van der Waals surface area (Å²) in [4.78, 5) is 12.7. The Labute approximate surface area is 163 Å². The number of aliphatic hydroxyl groups is 1. The van der Waals surface area contributed by atoms with Gasteiger partial charge >= 0.3 is 0 Å². The number of carbonyl (C=O) groups excluding carboxylic acids is 1. The molecule has 2 fully saturated rings. The normalized spacial score (nSPS) is 50.2. The maximum absolute atomic E-state index is 12.7. The molecule has 0 amide bonds. The summed E-state index contributed by atoms with van der Waals surface area (Å²) >= 11 is 6.78. The number of halogens is 1. The fraction of sp³-hybridized carbons (Fsp3) is 0.783. The topological polar surface area (TPSA) is 37.3 Å². The van der Waals surface area contributed by atoms with E-state index in [-0.39, 0.29) is 22.3 Å². The molecule has 3 heteroatoms. The van der Waals surface area contributed by atoms with Crippen molar-refractivity contribution in [3.8, 4) is 0 Å². The lowest BCUT2D eigenvalue weighted by atomic mass is 9.46. The summed E-state index contributed by atoms with van der Waals surface area (Å²) < 4.78 is 0. The first-order chi connectivity index (χ1) is 12.2. The van der Waals surface area contributed by atoms with E-state index in [9.17, 15) is 9.90 Å². The van der Waals surface area contributed by atoms with Crippen LogP contribution >= 0.6 is 11.6 Å². The zero-order valence-corrected chi connectivity index (χ0v) is 17.4. The van der Waals surface area contributed by atoms with Crippen molar-refractivity contribution < 1.29 is 9.90 Å². The molecular weight excluding hydrogens is 344 g/mol. The van der Waals surface area contributed by atoms with Crippen molar-refractivity contribution in [2.45, 2.75) is 78.7 Å². The zero-order chi connectivity index (χ0) is 18.9. The van der Waals surface area contributed by atoms with Gasteiger partial charge in [0.25, 0.3) is 0 Å². The van der Waals surface area contributed by atoms with E-state index in [2.05, 4.69) is 26.8 Å². The van der Waals surface area contributed by atoms with Gasteiger partial charge in [-0.1, -0.05) is 44.5 Å². The van der Waals surface area contributed by atoms with Crippen LogP contribution < -0.4 is 0 Å². The Hall–Kier alpha value is -0.600. The standard InChI is InChI=1S/C23H33ClO2/c1-5-23(14(2)25)11-8-18-16-13-20(24)19-12-15(26)6-9-21(19,3)17(16)7-10-22(18,23)4/h12-13,15-18,26H,5-11H2,1-4H3/t15-,16+,17-,18-,21+,22-,23+/m0/s1. The molecule has 0 aromatic heterocycles. The van der Waals surface area contributed by atoms with E-state index in [1.165, 1.54) is 5.57 Å². The highest BCUT2D eigenvalue weighted by atomic mass is 35.5. The maximum Gasteiger partial charge on any atom is 0.136 e. The highest BCUT2D eigenvalue weighted by molar-refractivity contribution is 6.32. The molecule has 7 atom stereocenters. The Balaban J connectivity index is 1.79. The summed E-state index contributed by atoms with van der Waals surface area (Å²) in [5.74, 6) is 1.99. The molecule has 2 saturated carbocycles. The van der Waals surface area contributed by atoms with Crippen molar-refractivity contribution in [3.63, 3.8) is 0 Å². The number of ketones is 1. The van der Waals surface area contributed by atoms with Crippen LogP contribution in [0.4, 0.5) is 0 Å². The summed E-state index contributed by atoms with van der Waals surface area (Å²) in [6.45, 7) is 8.78. The van der Waals surface area contributed by atoms with Crippen LogP contribution in [0.15, 0.2) is 22.8 Å². The molecule has 26 heavy (non-hydrogen) atoms. The average molecular weight is 377 g/mol. The Morgan fingerprint density at radius 3 is 2.50 bits per heavy atom. The molecule has 0 aromatic carbocycles. The van der Waals surface area contributed by atoms with Gasteiger partial charge in [0.2, 0.25) is 0 Å². The second kappa shape index (κ2) is 5.95. The lowest BCUT2D eigenvalue weighted by molar-refractivity contribution is -0.139. The third kappa shape index (κ3) is 2.18. The molecular formula is C23H33ClO2. The third-order valence-electron chi connectivity index (χ3n) is 9.32. The number of hydrogen-bond donors (Lipinski definition) is 1. The van der Waals surface area contributed by atoms with Crippen molar-refractivity contribution in [1.82, 2.24) is 0 Å². The van der Waals surface area contributed by atoms with Crippen LogP contribution in [-0.2, 0) is 4.79 Å². The van der Waals surface area contributed by atoms with Crippen LogP contribution in [0.1, 0.15) is 72.6 Å². The Morgan fingerprint density at radius 2 is 1.85 bits per heavy atom. The minimum atomic E-state index is -0.359. The van der Waals surface area contributed by atoms with E-state index in [1.54, 1.807) is 0 Å². The lowest BCUT2D eigenvalue weighted by Gasteiger charge is -2.58. The number of hydrogen-bond acceptors (Lipinski definition) is 2. The molecule has 0 spiro atoms. The van der Waals surface area contributed by atoms with Crippen molar-refractivity contribution in [2.24, 2.45) is 34.0 Å². The highest BCUT2D eigenvalue weighted by Crippen LogP contribution is 2.70. The van der Waals surface area contributed by atoms with Crippen molar-refractivity contribution >= 4 is 17.4 Å². The van der Waals surface area contributed by atoms with Gasteiger partial charge in [0.05, 0.1) is 6.10 Å². The fourth-order valence-electron chi connectivity index (χ4n) is 7.76. The van der Waals surface area contributed by atoms with E-state index in [4.69, 9.17) is 11.6 Å². The first-order valence-corrected chi connectivity index (χ1v) is 10.9. The maximum atomic E-state index is 12.7. The Kier molecular flexibility index (Phi) is 4.29. The molecule has 0 aliphatic heterocycles. The van der Waals surface area contributed by atoms with Crippen LogP contribution in [0.3, 0.4) is 0 Å². The largest absolute Gasteiger partial charge is 0.389 e. The molecule has 0 heterocycles. The second-order valence-corrected chi connectivity index (χ2v) is 10.3. The van der Waals surface area contributed by atoms with E-state index in [0.717, 1.165) is 50.0 Å². The molecule has 0 unspecified atom stereocenters. The lowest BCUT2D eigenvalue weighted by Crippen LogP contribution is -2.53. The summed E-state index contributed by atoms with van der Waals surface area (Å²) in [7, 11) is 0. The molecule has 4 aliphatic carbocycles. The number of allylic oxidation sites excluding steroid dienone is 3. The van der Waals surface area contributed by atoms with Crippen molar-refractivity contribution in [1.29, 1.82) is 0 Å². The number of Topliss-reactive ketones (excluding diaryl/α,β-unsaturated/α-hetero) is 1. The number of aliphatic hydroxyl groups excluding tert-OH is 1. The first-order valence-electron chi connectivity index (χ1n) is 10.5. The number of carbonyl (C=O) groups is 1. The van der Waals surface area contributed by atoms with E-state index < -0.39 is 0 Å². The van der Waals surface area contributed by atoms with Gasteiger partial charge in [0.15, 0.2) is 0 Å². The predicted octanol–water partition coefficient (Wildman–Crippen LogP) is 5.64. The first kappa shape index (κ1) is 18.7. The smallest absolute Gasteiger partial charge is 0.136 e. The Bertz CT molecular complexity index is 694. The molecule has 4 rings (SSSR count). The minimum absolute atomic E-state index is 0.0742. The van der Waals surface area contributed by atoms with E-state index in [1.807, 2.05) is 13.0 Å². The number of rotatable bonds is 2. The van der Waals surface area contributed by atoms with Gasteiger partial charge in [0.1, 0.15) is 5.78 Å². The molecule has 4 aliphatic rings. The molecule has 0 aromatic rings. The third-order valence-corrected chi connectivity index (χ3v) is 9.65. The van der Waals surface area contributed by atoms with Crippen molar-refractivity contribution in [2.75, 3.05) is 0 Å². The van der Waals surface area contributed by atoms with Crippen LogP contribution in [0.25, 0.3) is 0 Å². The predicted molar refractivity (Wildman–Crippen MR) is 106 cm³/mol. The SMILES string of the molecule is CC[C@]1(C(C)=O)CC[C@H]2[C@@H]3C=C(Cl)C4=C[C@@H](O)CC[C@]4(C)[C@H]3CC[C@@]21C. The van der Waals surface area contributed by atoms with Gasteiger partial charge in [-0.15, -0.1) is 0 Å². The summed E-state index contributed by atoms with van der Waals surface area (Å²) in [6, 6.07) is 0. The molecule has 2 nitrogen and oxygen atoms in total. The summed E-state index contributed by atoms with van der Waals surface area (Å²) in [6.07, 6.45) is 11.2. The zero-order valence-electron chi connectivity index (χ0n) is 16.6. The van der Waals surface area contributed by atoms with E-state index in [0.29, 0.717) is 23.5 Å². The summed E-state index contributed by atoms with van der Waals surface area (Å²) in [5, 5.41) is 11.0.